The van der Waals surface area contributed by atoms with Gasteiger partial charge in [0.05, 0.1) is 12.7 Å². The highest BCUT2D eigenvalue weighted by Crippen LogP contribution is 2.50. The number of rotatable bonds is 8. The molecule has 0 N–H and O–H groups in total. The van der Waals surface area contributed by atoms with Crippen LogP contribution in [0.15, 0.2) is 10.9 Å². The van der Waals surface area contributed by atoms with Crippen LogP contribution in [0.4, 0.5) is 13.2 Å². The van der Waals surface area contributed by atoms with E-state index in [1.54, 1.807) is 20.8 Å². The molecule has 132 valence electrons. The van der Waals surface area contributed by atoms with Gasteiger partial charge >= 0.3 is 12.9 Å². The first-order valence-electron chi connectivity index (χ1n) is 6.90. The number of hydrogen-bond acceptors (Lipinski definition) is 6. The maximum absolute atomic E-state index is 12.3. The molecular weight excluding hydrogens is 356 g/mol. The Morgan fingerprint density at radius 3 is 2.43 bits per heavy atom. The van der Waals surface area contributed by atoms with Crippen LogP contribution in [0, 0.1) is 0 Å². The predicted octanol–water partition coefficient (Wildman–Crippen LogP) is 3.04. The van der Waals surface area contributed by atoms with E-state index in [1.807, 2.05) is 0 Å². The van der Waals surface area contributed by atoms with Crippen LogP contribution in [0.5, 0.6) is 5.88 Å². The van der Waals surface area contributed by atoms with Gasteiger partial charge in [0.25, 0.3) is 5.56 Å². The molecule has 23 heavy (non-hydrogen) atoms. The van der Waals surface area contributed by atoms with E-state index in [1.165, 1.54) is 4.57 Å². The minimum Gasteiger partial charge on any atom is -0.405 e. The molecule has 0 spiro atoms. The number of halogens is 3. The van der Waals surface area contributed by atoms with E-state index < -0.39 is 19.5 Å². The van der Waals surface area contributed by atoms with Crippen molar-refractivity contribution in [1.29, 1.82) is 0 Å². The van der Waals surface area contributed by atoms with Crippen molar-refractivity contribution in [2.24, 2.45) is 0 Å². The van der Waals surface area contributed by atoms with Crippen LogP contribution in [0.3, 0.4) is 0 Å². The van der Waals surface area contributed by atoms with E-state index >= 15 is 0 Å². The monoisotopic (exact) mass is 374 g/mol. The Morgan fingerprint density at radius 2 is 1.96 bits per heavy atom. The number of hydrogen-bond donors (Lipinski definition) is 0. The first kappa shape index (κ1) is 20.1. The number of aryl methyl sites for hydroxylation is 1. The van der Waals surface area contributed by atoms with Crippen LogP contribution in [0.25, 0.3) is 0 Å². The second-order valence-corrected chi connectivity index (χ2v) is 7.23. The Kier molecular flexibility index (Phi) is 7.19. The summed E-state index contributed by atoms with van der Waals surface area (Å²) in [6, 6.07) is 1.06. The third kappa shape index (κ3) is 6.21. The largest absolute Gasteiger partial charge is 0.412 e. The van der Waals surface area contributed by atoms with E-state index in [-0.39, 0.29) is 18.0 Å². The minimum absolute atomic E-state index is 0.00178. The first-order chi connectivity index (χ1) is 10.6. The molecule has 0 aliphatic rings. The standard InChI is InChI=1S/C12H18F3N2O4PS/c1-4-9-16-10(7-11(18)17(9)5-2)21-22(23,19-6-3)20-8-12(13,14)15/h7H,4-6,8H2,1-3H3. The SMILES string of the molecule is CCOP(=S)(OCC(F)(F)F)Oc1cc(=O)n(CC)c(CC)n1. The summed E-state index contributed by atoms with van der Waals surface area (Å²) >= 11 is 4.93. The van der Waals surface area contributed by atoms with E-state index in [9.17, 15) is 18.0 Å². The molecule has 0 fully saturated rings. The smallest absolute Gasteiger partial charge is 0.405 e. The number of aromatic nitrogens is 2. The molecule has 1 aromatic heterocycles. The lowest BCUT2D eigenvalue weighted by Crippen LogP contribution is -2.24. The highest BCUT2D eigenvalue weighted by molar-refractivity contribution is 8.07. The summed E-state index contributed by atoms with van der Waals surface area (Å²) < 4.78 is 53.2. The molecule has 1 heterocycles. The topological polar surface area (TPSA) is 62.6 Å². The van der Waals surface area contributed by atoms with Gasteiger partial charge in [-0.05, 0) is 13.8 Å². The van der Waals surface area contributed by atoms with Crippen molar-refractivity contribution in [1.82, 2.24) is 9.55 Å². The second-order valence-electron chi connectivity index (χ2n) is 4.29. The van der Waals surface area contributed by atoms with E-state index in [2.05, 4.69) is 9.51 Å². The maximum atomic E-state index is 12.3. The Morgan fingerprint density at radius 1 is 1.30 bits per heavy atom. The van der Waals surface area contributed by atoms with E-state index in [4.69, 9.17) is 20.9 Å². The molecule has 0 aliphatic carbocycles. The molecule has 1 aromatic rings. The van der Waals surface area contributed by atoms with Gasteiger partial charge in [-0.1, -0.05) is 6.92 Å². The molecule has 0 amide bonds. The van der Waals surface area contributed by atoms with Crippen LogP contribution in [0.1, 0.15) is 26.6 Å². The van der Waals surface area contributed by atoms with Gasteiger partial charge < -0.3 is 4.52 Å². The van der Waals surface area contributed by atoms with Gasteiger partial charge in [-0.2, -0.15) is 18.2 Å². The number of alkyl halides is 3. The Balaban J connectivity index is 3.07. The van der Waals surface area contributed by atoms with Gasteiger partial charge in [0, 0.05) is 24.8 Å². The van der Waals surface area contributed by atoms with Gasteiger partial charge in [-0.15, -0.1) is 0 Å². The zero-order valence-electron chi connectivity index (χ0n) is 12.9. The van der Waals surface area contributed by atoms with Crippen molar-refractivity contribution < 1.29 is 26.7 Å². The van der Waals surface area contributed by atoms with Gasteiger partial charge in [0.1, 0.15) is 5.82 Å². The molecule has 1 atom stereocenters. The Hall–Kier alpha value is -0.960. The van der Waals surface area contributed by atoms with Crippen molar-refractivity contribution in [2.75, 3.05) is 13.2 Å². The molecule has 0 bridgehead atoms. The summed E-state index contributed by atoms with van der Waals surface area (Å²) in [7, 11) is 0. The van der Waals surface area contributed by atoms with Crippen LogP contribution >= 0.6 is 6.72 Å². The fourth-order valence-electron chi connectivity index (χ4n) is 1.70. The molecule has 0 aliphatic heterocycles. The summed E-state index contributed by atoms with van der Waals surface area (Å²) in [5.74, 6) is 0.236. The molecule has 6 nitrogen and oxygen atoms in total. The van der Waals surface area contributed by atoms with Crippen LogP contribution in [-0.4, -0.2) is 28.9 Å². The average molecular weight is 374 g/mol. The first-order valence-corrected chi connectivity index (χ1v) is 9.46. The zero-order valence-corrected chi connectivity index (χ0v) is 14.6. The predicted molar refractivity (Wildman–Crippen MR) is 82.1 cm³/mol. The average Bonchev–Trinajstić information content (AvgIpc) is 2.44. The Bertz CT molecular complexity index is 636. The van der Waals surface area contributed by atoms with Crippen molar-refractivity contribution in [3.05, 3.63) is 22.2 Å². The van der Waals surface area contributed by atoms with Gasteiger partial charge in [-0.3, -0.25) is 18.4 Å². The van der Waals surface area contributed by atoms with Gasteiger partial charge in [-0.25, -0.2) is 0 Å². The lowest BCUT2D eigenvalue weighted by atomic mass is 10.4. The van der Waals surface area contributed by atoms with E-state index in [0.29, 0.717) is 18.8 Å². The molecule has 0 radical (unpaired) electrons. The molecule has 11 heteroatoms. The Labute approximate surface area is 136 Å². The lowest BCUT2D eigenvalue weighted by molar-refractivity contribution is -0.155. The zero-order chi connectivity index (χ0) is 17.7. The summed E-state index contributed by atoms with van der Waals surface area (Å²) in [5, 5.41) is 0. The van der Waals surface area contributed by atoms with Crippen molar-refractivity contribution in [3.63, 3.8) is 0 Å². The van der Waals surface area contributed by atoms with Crippen LogP contribution in [-0.2, 0) is 33.8 Å². The number of nitrogens with zero attached hydrogens (tertiary/aromatic N) is 2. The fourth-order valence-corrected chi connectivity index (χ4v) is 3.53. The molecule has 1 rings (SSSR count). The van der Waals surface area contributed by atoms with E-state index in [0.717, 1.165) is 6.07 Å². The van der Waals surface area contributed by atoms with Gasteiger partial charge in [0.2, 0.25) is 5.88 Å². The van der Waals surface area contributed by atoms with Crippen LogP contribution in [0.2, 0.25) is 0 Å². The third-order valence-electron chi connectivity index (χ3n) is 2.58. The summed E-state index contributed by atoms with van der Waals surface area (Å²) in [6.45, 7) is 0.218. The maximum Gasteiger partial charge on any atom is 0.412 e. The highest BCUT2D eigenvalue weighted by atomic mass is 32.5. The summed E-state index contributed by atoms with van der Waals surface area (Å²) in [5.41, 5.74) is -0.386. The highest BCUT2D eigenvalue weighted by Gasteiger charge is 2.34. The van der Waals surface area contributed by atoms with Crippen molar-refractivity contribution >= 4 is 18.5 Å². The third-order valence-corrected chi connectivity index (χ3v) is 4.86. The quantitative estimate of drug-likeness (QED) is 0.652. The lowest BCUT2D eigenvalue weighted by Gasteiger charge is -2.22. The van der Waals surface area contributed by atoms with Crippen molar-refractivity contribution in [2.45, 2.75) is 39.9 Å². The molecular formula is C12H18F3N2O4PS. The molecule has 1 unspecified atom stereocenters. The summed E-state index contributed by atoms with van der Waals surface area (Å²) in [6.07, 6.45) is -4.13. The molecule has 0 saturated heterocycles. The minimum atomic E-state index is -4.57. The molecule has 0 saturated carbocycles. The normalized spacial score (nSPS) is 14.5. The fraction of sp³-hybridized carbons (Fsp3) is 0.667. The second kappa shape index (κ2) is 8.23. The van der Waals surface area contributed by atoms with Crippen molar-refractivity contribution in [3.8, 4) is 5.88 Å². The van der Waals surface area contributed by atoms with Crippen LogP contribution < -0.4 is 10.1 Å². The summed E-state index contributed by atoms with van der Waals surface area (Å²) in [4.78, 5) is 16.1. The molecule has 0 aromatic carbocycles. The van der Waals surface area contributed by atoms with Gasteiger partial charge in [0.15, 0.2) is 6.61 Å².